The fraction of sp³-hybridized carbons (Fsp3) is 0.500. The predicted octanol–water partition coefficient (Wildman–Crippen LogP) is 4.37. The highest BCUT2D eigenvalue weighted by Crippen LogP contribution is 2.32. The third-order valence-electron chi connectivity index (χ3n) is 3.54. The van der Waals surface area contributed by atoms with Crippen molar-refractivity contribution in [1.29, 1.82) is 0 Å². The van der Waals surface area contributed by atoms with Gasteiger partial charge in [0, 0.05) is 5.88 Å². The van der Waals surface area contributed by atoms with Crippen LogP contribution in [0.5, 0.6) is 0 Å². The van der Waals surface area contributed by atoms with Gasteiger partial charge in [-0.3, -0.25) is 4.79 Å². The first-order valence-electron chi connectivity index (χ1n) is 6.45. The molecule has 1 aromatic rings. The van der Waals surface area contributed by atoms with Crippen LogP contribution in [0, 0.1) is 5.82 Å². The molecule has 1 rings (SSSR count). The third kappa shape index (κ3) is 3.87. The van der Waals surface area contributed by atoms with Crippen LogP contribution in [0.1, 0.15) is 42.6 Å². The normalized spacial score (nSPS) is 12.3. The zero-order valence-corrected chi connectivity index (χ0v) is 12.4. The van der Waals surface area contributed by atoms with Gasteiger partial charge in [-0.05, 0) is 25.0 Å². The summed E-state index contributed by atoms with van der Waals surface area (Å²) in [6.45, 7) is 3.57. The molecule has 0 heterocycles. The molecule has 0 fully saturated rings. The van der Waals surface area contributed by atoms with Crippen LogP contribution in [0.15, 0.2) is 18.2 Å². The van der Waals surface area contributed by atoms with Crippen molar-refractivity contribution in [1.82, 2.24) is 5.32 Å². The first-order valence-corrected chi connectivity index (χ1v) is 6.98. The van der Waals surface area contributed by atoms with Gasteiger partial charge in [-0.1, -0.05) is 19.9 Å². The first-order chi connectivity index (χ1) is 9.70. The molecule has 0 bridgehead atoms. The molecule has 0 unspecified atom stereocenters. The molecule has 0 saturated carbocycles. The van der Waals surface area contributed by atoms with E-state index in [2.05, 4.69) is 5.32 Å². The van der Waals surface area contributed by atoms with Gasteiger partial charge >= 0.3 is 6.18 Å². The largest absolute Gasteiger partial charge is 0.419 e. The highest BCUT2D eigenvalue weighted by Gasteiger charge is 2.36. The summed E-state index contributed by atoms with van der Waals surface area (Å²) in [6.07, 6.45) is -3.88. The quantitative estimate of drug-likeness (QED) is 0.632. The summed E-state index contributed by atoms with van der Waals surface area (Å²) < 4.78 is 51.8. The van der Waals surface area contributed by atoms with Crippen molar-refractivity contribution < 1.29 is 22.4 Å². The summed E-state index contributed by atoms with van der Waals surface area (Å²) >= 11 is 5.81. The van der Waals surface area contributed by atoms with Crippen molar-refractivity contribution in [2.75, 3.05) is 5.88 Å². The maximum atomic E-state index is 13.9. The van der Waals surface area contributed by atoms with Crippen LogP contribution in [0.3, 0.4) is 0 Å². The Morgan fingerprint density at radius 3 is 2.24 bits per heavy atom. The maximum Gasteiger partial charge on any atom is 0.419 e. The van der Waals surface area contributed by atoms with Gasteiger partial charge in [-0.15, -0.1) is 11.6 Å². The van der Waals surface area contributed by atoms with E-state index < -0.39 is 34.6 Å². The minimum Gasteiger partial charge on any atom is -0.345 e. The van der Waals surface area contributed by atoms with Crippen molar-refractivity contribution in [3.8, 4) is 0 Å². The van der Waals surface area contributed by atoms with Crippen LogP contribution in [0.4, 0.5) is 17.6 Å². The number of hydrogen-bond acceptors (Lipinski definition) is 1. The van der Waals surface area contributed by atoms with Crippen molar-refractivity contribution >= 4 is 17.5 Å². The van der Waals surface area contributed by atoms with Gasteiger partial charge in [0.05, 0.1) is 16.7 Å². The van der Waals surface area contributed by atoms with E-state index in [0.717, 1.165) is 12.1 Å². The summed E-state index contributed by atoms with van der Waals surface area (Å²) in [6, 6.07) is 2.62. The van der Waals surface area contributed by atoms with Crippen LogP contribution < -0.4 is 5.32 Å². The molecule has 118 valence electrons. The Kier molecular flexibility index (Phi) is 5.61. The number of carbonyl (C=O) groups is 1. The monoisotopic (exact) mass is 325 g/mol. The fourth-order valence-electron chi connectivity index (χ4n) is 1.88. The van der Waals surface area contributed by atoms with Gasteiger partial charge < -0.3 is 5.32 Å². The van der Waals surface area contributed by atoms with Crippen molar-refractivity contribution in [3.63, 3.8) is 0 Å². The molecule has 0 aliphatic rings. The fourth-order valence-corrected chi connectivity index (χ4v) is 2.33. The molecular weight excluding hydrogens is 310 g/mol. The lowest BCUT2D eigenvalue weighted by Crippen LogP contribution is -2.49. The average molecular weight is 326 g/mol. The van der Waals surface area contributed by atoms with E-state index >= 15 is 0 Å². The number of amides is 1. The summed E-state index contributed by atoms with van der Waals surface area (Å²) in [7, 11) is 0. The number of nitrogens with one attached hydrogen (secondary N) is 1. The van der Waals surface area contributed by atoms with Crippen LogP contribution in [0.25, 0.3) is 0 Å². The Morgan fingerprint density at radius 1 is 1.24 bits per heavy atom. The molecule has 7 heteroatoms. The molecule has 0 aliphatic carbocycles. The Balaban J connectivity index is 3.15. The molecule has 0 spiro atoms. The zero-order valence-electron chi connectivity index (χ0n) is 11.7. The van der Waals surface area contributed by atoms with Gasteiger partial charge in [0.15, 0.2) is 0 Å². The van der Waals surface area contributed by atoms with E-state index in [-0.39, 0.29) is 5.88 Å². The topological polar surface area (TPSA) is 29.1 Å². The van der Waals surface area contributed by atoms with Crippen molar-refractivity contribution in [2.45, 2.75) is 38.4 Å². The SMILES string of the molecule is CCC(CC)(CCl)NC(=O)c1cccc(C(F)(F)F)c1F. The molecule has 0 aliphatic heterocycles. The predicted molar refractivity (Wildman–Crippen MR) is 72.9 cm³/mol. The van der Waals surface area contributed by atoms with Gasteiger partial charge in [0.2, 0.25) is 0 Å². The minimum absolute atomic E-state index is 0.0896. The summed E-state index contributed by atoms with van der Waals surface area (Å²) in [5.74, 6) is -2.38. The van der Waals surface area contributed by atoms with Crippen LogP contribution in [0.2, 0.25) is 0 Å². The molecule has 2 nitrogen and oxygen atoms in total. The van der Waals surface area contributed by atoms with E-state index in [0.29, 0.717) is 18.9 Å². The lowest BCUT2D eigenvalue weighted by atomic mass is 9.94. The molecule has 0 atom stereocenters. The Labute approximate surface area is 125 Å². The molecule has 0 aromatic heterocycles. The standard InChI is InChI=1S/C14H16ClF4NO/c1-3-13(4-2,8-15)20-12(21)9-6-5-7-10(11(9)16)14(17,18)19/h5-7H,3-4,8H2,1-2H3,(H,20,21). The molecule has 1 amide bonds. The maximum absolute atomic E-state index is 13.9. The number of alkyl halides is 4. The van der Waals surface area contributed by atoms with E-state index in [1.165, 1.54) is 0 Å². The van der Waals surface area contributed by atoms with E-state index in [1.807, 2.05) is 0 Å². The number of halogens is 5. The number of hydrogen-bond donors (Lipinski definition) is 1. The van der Waals surface area contributed by atoms with Gasteiger partial charge in [0.1, 0.15) is 5.82 Å². The Bertz CT molecular complexity index is 504. The second-order valence-corrected chi connectivity index (χ2v) is 5.01. The van der Waals surface area contributed by atoms with E-state index in [4.69, 9.17) is 11.6 Å². The smallest absolute Gasteiger partial charge is 0.345 e. The van der Waals surface area contributed by atoms with Gasteiger partial charge in [-0.25, -0.2) is 4.39 Å². The number of rotatable bonds is 5. The minimum atomic E-state index is -4.85. The second kappa shape index (κ2) is 6.64. The van der Waals surface area contributed by atoms with Crippen LogP contribution in [-0.4, -0.2) is 17.3 Å². The van der Waals surface area contributed by atoms with Crippen molar-refractivity contribution in [2.24, 2.45) is 0 Å². The number of benzene rings is 1. The average Bonchev–Trinajstić information content (AvgIpc) is 2.43. The highest BCUT2D eigenvalue weighted by molar-refractivity contribution is 6.19. The van der Waals surface area contributed by atoms with Crippen LogP contribution in [-0.2, 0) is 6.18 Å². The molecule has 1 N–H and O–H groups in total. The van der Waals surface area contributed by atoms with Crippen LogP contribution >= 0.6 is 11.6 Å². The Morgan fingerprint density at radius 2 is 1.81 bits per heavy atom. The van der Waals surface area contributed by atoms with Gasteiger partial charge in [0.25, 0.3) is 5.91 Å². The van der Waals surface area contributed by atoms with Gasteiger partial charge in [-0.2, -0.15) is 13.2 Å². The Hall–Kier alpha value is -1.30. The van der Waals surface area contributed by atoms with Crippen molar-refractivity contribution in [3.05, 3.63) is 35.1 Å². The lowest BCUT2D eigenvalue weighted by molar-refractivity contribution is -0.140. The first kappa shape index (κ1) is 17.8. The summed E-state index contributed by atoms with van der Waals surface area (Å²) in [5.41, 5.74) is -2.86. The number of carbonyl (C=O) groups excluding carboxylic acids is 1. The molecule has 0 radical (unpaired) electrons. The molecule has 1 aromatic carbocycles. The third-order valence-corrected chi connectivity index (χ3v) is 4.05. The summed E-state index contributed by atoms with van der Waals surface area (Å²) in [5, 5.41) is 2.54. The van der Waals surface area contributed by atoms with E-state index in [9.17, 15) is 22.4 Å². The molecule has 0 saturated heterocycles. The summed E-state index contributed by atoms with van der Waals surface area (Å²) in [4.78, 5) is 12.1. The molecular formula is C14H16ClF4NO. The molecule has 21 heavy (non-hydrogen) atoms. The van der Waals surface area contributed by atoms with E-state index in [1.54, 1.807) is 13.8 Å². The lowest BCUT2D eigenvalue weighted by Gasteiger charge is -2.30. The zero-order chi connectivity index (χ0) is 16.3. The highest BCUT2D eigenvalue weighted by atomic mass is 35.5. The second-order valence-electron chi connectivity index (χ2n) is 4.74.